The van der Waals surface area contributed by atoms with Crippen LogP contribution in [0, 0.1) is 5.92 Å². The van der Waals surface area contributed by atoms with Crippen LogP contribution in [0.1, 0.15) is 56.6 Å². The van der Waals surface area contributed by atoms with Gasteiger partial charge < -0.3 is 20.1 Å². The van der Waals surface area contributed by atoms with Crippen LogP contribution in [0.2, 0.25) is 0 Å². The van der Waals surface area contributed by atoms with E-state index in [2.05, 4.69) is 5.32 Å². The van der Waals surface area contributed by atoms with Gasteiger partial charge in [0, 0.05) is 25.1 Å². The summed E-state index contributed by atoms with van der Waals surface area (Å²) in [5.41, 5.74) is 0.890. The highest BCUT2D eigenvalue weighted by atomic mass is 16.5. The Hall–Kier alpha value is -2.24. The van der Waals surface area contributed by atoms with E-state index < -0.39 is 5.97 Å². The number of carboxylic acid groups (broad SMARTS) is 1. The molecule has 2 fully saturated rings. The van der Waals surface area contributed by atoms with Gasteiger partial charge in [-0.1, -0.05) is 18.2 Å². The molecule has 6 nitrogen and oxygen atoms in total. The molecule has 1 saturated heterocycles. The van der Waals surface area contributed by atoms with Gasteiger partial charge in [0.1, 0.15) is 11.4 Å². The van der Waals surface area contributed by atoms with Gasteiger partial charge in [0.15, 0.2) is 0 Å². The first-order chi connectivity index (χ1) is 12.6. The Morgan fingerprint density at radius 2 is 1.85 bits per heavy atom. The zero-order valence-electron chi connectivity index (χ0n) is 14.9. The second-order valence-corrected chi connectivity index (χ2v) is 7.84. The molecule has 6 heteroatoms. The summed E-state index contributed by atoms with van der Waals surface area (Å²) in [6.07, 6.45) is 6.28. The van der Waals surface area contributed by atoms with Crippen molar-refractivity contribution in [2.24, 2.45) is 5.92 Å². The standard InChI is InChI=1S/C20H26N2O4/c23-18(24)14-7-11-22(12-8-14)19(25)21-16-13-20(9-3-4-10-20)26-17-6-2-1-5-15(16)17/h1-2,5-6,14,16H,3-4,7-13H2,(H,21,25)(H,23,24). The SMILES string of the molecule is O=C(O)C1CCN(C(=O)NC2CC3(CCCC3)Oc3ccccc32)CC1. The molecule has 2 heterocycles. The van der Waals surface area contributed by atoms with Crippen LogP contribution in [0.25, 0.3) is 0 Å². The maximum Gasteiger partial charge on any atom is 0.317 e. The zero-order valence-corrected chi connectivity index (χ0v) is 14.9. The number of hydrogen-bond acceptors (Lipinski definition) is 3. The molecule has 2 aliphatic heterocycles. The van der Waals surface area contributed by atoms with Crippen LogP contribution in [0.15, 0.2) is 24.3 Å². The number of carbonyl (C=O) groups is 2. The lowest BCUT2D eigenvalue weighted by atomic mass is 9.86. The number of amides is 2. The number of nitrogens with one attached hydrogen (secondary N) is 1. The van der Waals surface area contributed by atoms with Crippen LogP contribution in [0.5, 0.6) is 5.75 Å². The second kappa shape index (κ2) is 6.82. The summed E-state index contributed by atoms with van der Waals surface area (Å²) in [6, 6.07) is 7.82. The van der Waals surface area contributed by atoms with Gasteiger partial charge in [-0.15, -0.1) is 0 Å². The number of para-hydroxylation sites is 1. The van der Waals surface area contributed by atoms with E-state index in [1.807, 2.05) is 24.3 Å². The van der Waals surface area contributed by atoms with Crippen molar-refractivity contribution < 1.29 is 19.4 Å². The quantitative estimate of drug-likeness (QED) is 0.850. The summed E-state index contributed by atoms with van der Waals surface area (Å²) in [6.45, 7) is 0.998. The molecule has 4 rings (SSSR count). The van der Waals surface area contributed by atoms with Crippen LogP contribution in [-0.4, -0.2) is 40.7 Å². The molecule has 1 aliphatic carbocycles. The summed E-state index contributed by atoms with van der Waals surface area (Å²) in [7, 11) is 0. The molecule has 1 unspecified atom stereocenters. The average molecular weight is 358 g/mol. The number of aliphatic carboxylic acids is 1. The predicted molar refractivity (Wildman–Crippen MR) is 96.1 cm³/mol. The Bertz CT molecular complexity index is 691. The number of carboxylic acids is 1. The molecule has 26 heavy (non-hydrogen) atoms. The lowest BCUT2D eigenvalue weighted by Gasteiger charge is -2.41. The van der Waals surface area contributed by atoms with E-state index in [-0.39, 0.29) is 23.6 Å². The van der Waals surface area contributed by atoms with Gasteiger partial charge in [0.05, 0.1) is 12.0 Å². The molecular formula is C20H26N2O4. The number of carbonyl (C=O) groups excluding carboxylic acids is 1. The monoisotopic (exact) mass is 358 g/mol. The first-order valence-corrected chi connectivity index (χ1v) is 9.62. The number of ether oxygens (including phenoxy) is 1. The Morgan fingerprint density at radius 1 is 1.15 bits per heavy atom. The van der Waals surface area contributed by atoms with E-state index in [0.717, 1.165) is 30.6 Å². The summed E-state index contributed by atoms with van der Waals surface area (Å²) >= 11 is 0. The third-order valence-electron chi connectivity index (χ3n) is 6.14. The Balaban J connectivity index is 1.46. The highest BCUT2D eigenvalue weighted by molar-refractivity contribution is 5.76. The lowest BCUT2D eigenvalue weighted by Crippen LogP contribution is -2.49. The van der Waals surface area contributed by atoms with Crippen molar-refractivity contribution in [2.45, 2.75) is 56.6 Å². The average Bonchev–Trinajstić information content (AvgIpc) is 3.09. The minimum atomic E-state index is -0.758. The van der Waals surface area contributed by atoms with Crippen LogP contribution in [0.4, 0.5) is 4.79 Å². The van der Waals surface area contributed by atoms with Gasteiger partial charge >= 0.3 is 12.0 Å². The van der Waals surface area contributed by atoms with Gasteiger partial charge in [-0.3, -0.25) is 4.79 Å². The highest BCUT2D eigenvalue weighted by Gasteiger charge is 2.43. The van der Waals surface area contributed by atoms with E-state index in [1.54, 1.807) is 4.90 Å². The van der Waals surface area contributed by atoms with E-state index >= 15 is 0 Å². The molecule has 1 spiro atoms. The van der Waals surface area contributed by atoms with E-state index in [4.69, 9.17) is 9.84 Å². The first kappa shape index (κ1) is 17.2. The van der Waals surface area contributed by atoms with E-state index in [9.17, 15) is 9.59 Å². The van der Waals surface area contributed by atoms with Crippen LogP contribution >= 0.6 is 0 Å². The maximum atomic E-state index is 12.8. The molecule has 1 aromatic rings. The summed E-state index contributed by atoms with van der Waals surface area (Å²) in [4.78, 5) is 25.6. The summed E-state index contributed by atoms with van der Waals surface area (Å²) < 4.78 is 6.35. The van der Waals surface area contributed by atoms with E-state index in [1.165, 1.54) is 12.8 Å². The molecule has 0 radical (unpaired) electrons. The normalized spacial score (nSPS) is 24.8. The van der Waals surface area contributed by atoms with Gasteiger partial charge in [-0.2, -0.15) is 0 Å². The van der Waals surface area contributed by atoms with Gasteiger partial charge in [0.2, 0.25) is 0 Å². The molecule has 0 bridgehead atoms. The number of hydrogen-bond donors (Lipinski definition) is 2. The molecule has 2 amide bonds. The van der Waals surface area contributed by atoms with Crippen LogP contribution in [0.3, 0.4) is 0 Å². The van der Waals surface area contributed by atoms with Gasteiger partial charge in [0.25, 0.3) is 0 Å². The number of benzene rings is 1. The third-order valence-corrected chi connectivity index (χ3v) is 6.14. The number of nitrogens with zero attached hydrogens (tertiary/aromatic N) is 1. The maximum absolute atomic E-state index is 12.8. The van der Waals surface area contributed by atoms with Gasteiger partial charge in [-0.05, 0) is 44.6 Å². The molecule has 1 aromatic carbocycles. The van der Waals surface area contributed by atoms with Crippen molar-refractivity contribution in [3.63, 3.8) is 0 Å². The summed E-state index contributed by atoms with van der Waals surface area (Å²) in [5, 5.41) is 12.3. The fourth-order valence-corrected chi connectivity index (χ4v) is 4.64. The minimum Gasteiger partial charge on any atom is -0.487 e. The molecule has 2 N–H and O–H groups in total. The molecule has 0 aromatic heterocycles. The minimum absolute atomic E-state index is 0.0530. The summed E-state index contributed by atoms with van der Waals surface area (Å²) in [5.74, 6) is -0.202. The first-order valence-electron chi connectivity index (χ1n) is 9.62. The molecule has 3 aliphatic rings. The Labute approximate surface area is 153 Å². The van der Waals surface area contributed by atoms with Crippen molar-refractivity contribution in [3.8, 4) is 5.75 Å². The smallest absolute Gasteiger partial charge is 0.317 e. The molecule has 1 atom stereocenters. The number of urea groups is 1. The van der Waals surface area contributed by atoms with Crippen molar-refractivity contribution >= 4 is 12.0 Å². The second-order valence-electron chi connectivity index (χ2n) is 7.84. The van der Waals surface area contributed by atoms with Crippen molar-refractivity contribution in [1.29, 1.82) is 0 Å². The van der Waals surface area contributed by atoms with Gasteiger partial charge in [-0.25, -0.2) is 4.79 Å². The lowest BCUT2D eigenvalue weighted by molar-refractivity contribution is -0.143. The Morgan fingerprint density at radius 3 is 2.54 bits per heavy atom. The highest BCUT2D eigenvalue weighted by Crippen LogP contribution is 2.47. The molecule has 1 saturated carbocycles. The zero-order chi connectivity index (χ0) is 18.1. The third kappa shape index (κ3) is 3.24. The van der Waals surface area contributed by atoms with Crippen LogP contribution < -0.4 is 10.1 Å². The van der Waals surface area contributed by atoms with Crippen molar-refractivity contribution in [2.75, 3.05) is 13.1 Å². The number of likely N-dealkylation sites (tertiary alicyclic amines) is 1. The number of fused-ring (bicyclic) bond motifs is 1. The number of piperidine rings is 1. The van der Waals surface area contributed by atoms with Crippen molar-refractivity contribution in [1.82, 2.24) is 10.2 Å². The topological polar surface area (TPSA) is 78.9 Å². The predicted octanol–water partition coefficient (Wildman–Crippen LogP) is 3.33. The fourth-order valence-electron chi connectivity index (χ4n) is 4.64. The largest absolute Gasteiger partial charge is 0.487 e. The Kier molecular flexibility index (Phi) is 4.51. The van der Waals surface area contributed by atoms with Crippen LogP contribution in [-0.2, 0) is 4.79 Å². The number of rotatable bonds is 2. The molecule has 140 valence electrons. The van der Waals surface area contributed by atoms with E-state index in [0.29, 0.717) is 25.9 Å². The molecular weight excluding hydrogens is 332 g/mol. The fraction of sp³-hybridized carbons (Fsp3) is 0.600. The van der Waals surface area contributed by atoms with Crippen molar-refractivity contribution in [3.05, 3.63) is 29.8 Å².